The quantitative estimate of drug-likeness (QED) is 0.369. The summed E-state index contributed by atoms with van der Waals surface area (Å²) in [5, 5.41) is 14.9. The Kier molecular flexibility index (Phi) is 5.79. The lowest BCUT2D eigenvalue weighted by Crippen LogP contribution is -2.74. The Balaban J connectivity index is 1.37. The number of nitrogens with zero attached hydrogens (tertiary/aromatic N) is 3. The number of aromatic nitrogens is 2. The van der Waals surface area contributed by atoms with Crippen LogP contribution in [0.3, 0.4) is 0 Å². The molecule has 0 spiro atoms. The molecule has 2 fully saturated rings. The summed E-state index contributed by atoms with van der Waals surface area (Å²) in [5.41, 5.74) is -1.08. The Morgan fingerprint density at radius 2 is 2.14 bits per heavy atom. The molecule has 2 aliphatic heterocycles. The van der Waals surface area contributed by atoms with Gasteiger partial charge < -0.3 is 15.3 Å². The summed E-state index contributed by atoms with van der Waals surface area (Å²) >= 11 is 4.17. The van der Waals surface area contributed by atoms with E-state index in [0.717, 1.165) is 4.88 Å². The molecule has 0 saturated carbocycles. The van der Waals surface area contributed by atoms with Gasteiger partial charge in [0.2, 0.25) is 11.8 Å². The predicted molar refractivity (Wildman–Crippen MR) is 111 cm³/mol. The maximum atomic E-state index is 12.6. The third-order valence-corrected chi connectivity index (χ3v) is 8.48. The van der Waals surface area contributed by atoms with E-state index < -0.39 is 17.4 Å². The molecule has 2 aromatic rings. The second-order valence-corrected chi connectivity index (χ2v) is 9.95. The minimum Gasteiger partial charge on any atom is -0.481 e. The lowest BCUT2D eigenvalue weighted by Gasteiger charge is -2.53. The molecule has 8 nitrogen and oxygen atoms in total. The van der Waals surface area contributed by atoms with Crippen LogP contribution in [-0.2, 0) is 20.8 Å². The van der Waals surface area contributed by atoms with E-state index in [-0.39, 0.29) is 35.9 Å². The Labute approximate surface area is 179 Å². The zero-order valence-corrected chi connectivity index (χ0v) is 17.6. The average molecular weight is 451 g/mol. The van der Waals surface area contributed by atoms with Crippen molar-refractivity contribution >= 4 is 52.6 Å². The minimum atomic E-state index is -1.08. The van der Waals surface area contributed by atoms with Crippen LogP contribution in [0.15, 0.2) is 41.1 Å². The molecule has 4 rings (SSSR count). The van der Waals surface area contributed by atoms with Crippen molar-refractivity contribution in [3.05, 3.63) is 40.8 Å². The fourth-order valence-corrected chi connectivity index (χ4v) is 6.63. The van der Waals surface area contributed by atoms with Gasteiger partial charge in [-0.1, -0.05) is 17.8 Å². The van der Waals surface area contributed by atoms with Gasteiger partial charge in [-0.25, -0.2) is 9.97 Å². The molecule has 2 amide bonds. The van der Waals surface area contributed by atoms with Crippen molar-refractivity contribution in [2.75, 3.05) is 18.1 Å². The first-order valence-corrected chi connectivity index (χ1v) is 11.8. The van der Waals surface area contributed by atoms with Gasteiger partial charge in [0.25, 0.3) is 0 Å². The van der Waals surface area contributed by atoms with E-state index in [1.54, 1.807) is 23.4 Å². The molecular formula is C18H18N4O4S3. The van der Waals surface area contributed by atoms with Gasteiger partial charge in [0, 0.05) is 35.3 Å². The van der Waals surface area contributed by atoms with Crippen molar-refractivity contribution in [3.8, 4) is 0 Å². The monoisotopic (exact) mass is 450 g/mol. The number of hydrogen-bond acceptors (Lipinski definition) is 8. The number of carboxylic acid groups (broad SMARTS) is 1. The van der Waals surface area contributed by atoms with E-state index in [2.05, 4.69) is 15.3 Å². The SMILES string of the molecule is O=C(Cc1cccs1)NC1C(=O)N2CC(CSc3ncccn3)(C(=O)O)CS[C@H]12. The highest BCUT2D eigenvalue weighted by Gasteiger charge is 2.57. The van der Waals surface area contributed by atoms with Crippen LogP contribution >= 0.6 is 34.9 Å². The smallest absolute Gasteiger partial charge is 0.313 e. The molecule has 2 aliphatic rings. The van der Waals surface area contributed by atoms with Crippen LogP contribution in [0.5, 0.6) is 0 Å². The number of rotatable bonds is 7. The fraction of sp³-hybridized carbons (Fsp3) is 0.389. The first-order valence-electron chi connectivity index (χ1n) is 8.86. The van der Waals surface area contributed by atoms with Crippen LogP contribution < -0.4 is 5.32 Å². The van der Waals surface area contributed by atoms with Gasteiger partial charge in [-0.2, -0.15) is 0 Å². The summed E-state index contributed by atoms with van der Waals surface area (Å²) in [5.74, 6) is -0.741. The highest BCUT2D eigenvalue weighted by Crippen LogP contribution is 2.44. The van der Waals surface area contributed by atoms with Crippen LogP contribution in [-0.4, -0.2) is 67.2 Å². The number of carbonyl (C=O) groups excluding carboxylic acids is 2. The molecule has 2 unspecified atom stereocenters. The summed E-state index contributed by atoms with van der Waals surface area (Å²) in [6.45, 7) is 0.121. The summed E-state index contributed by atoms with van der Waals surface area (Å²) < 4.78 is 0. The van der Waals surface area contributed by atoms with Crippen molar-refractivity contribution in [2.45, 2.75) is 23.0 Å². The van der Waals surface area contributed by atoms with Gasteiger partial charge in [-0.05, 0) is 17.5 Å². The van der Waals surface area contributed by atoms with Crippen LogP contribution in [0.2, 0.25) is 0 Å². The normalized spacial score (nSPS) is 25.8. The van der Waals surface area contributed by atoms with Crippen molar-refractivity contribution in [1.29, 1.82) is 0 Å². The Morgan fingerprint density at radius 3 is 2.83 bits per heavy atom. The Hall–Kier alpha value is -2.11. The van der Waals surface area contributed by atoms with E-state index in [9.17, 15) is 19.5 Å². The zero-order chi connectivity index (χ0) is 20.4. The molecule has 3 atom stereocenters. The van der Waals surface area contributed by atoms with Crippen molar-refractivity contribution in [3.63, 3.8) is 0 Å². The number of carboxylic acids is 1. The van der Waals surface area contributed by atoms with Gasteiger partial charge >= 0.3 is 5.97 Å². The molecule has 152 valence electrons. The van der Waals surface area contributed by atoms with Crippen molar-refractivity contribution in [2.24, 2.45) is 5.41 Å². The number of nitrogens with one attached hydrogen (secondary N) is 1. The second kappa shape index (κ2) is 8.33. The molecule has 2 aromatic heterocycles. The van der Waals surface area contributed by atoms with Crippen LogP contribution in [0.25, 0.3) is 0 Å². The van der Waals surface area contributed by atoms with Crippen LogP contribution in [0, 0.1) is 5.41 Å². The maximum Gasteiger partial charge on any atom is 0.313 e. The lowest BCUT2D eigenvalue weighted by atomic mass is 9.89. The van der Waals surface area contributed by atoms with Gasteiger partial charge in [-0.15, -0.1) is 23.1 Å². The second-order valence-electron chi connectivity index (χ2n) is 6.87. The van der Waals surface area contributed by atoms with Gasteiger partial charge in [-0.3, -0.25) is 14.4 Å². The van der Waals surface area contributed by atoms with Crippen LogP contribution in [0.4, 0.5) is 0 Å². The summed E-state index contributed by atoms with van der Waals surface area (Å²) in [6.07, 6.45) is 3.46. The zero-order valence-electron chi connectivity index (χ0n) is 15.2. The third-order valence-electron chi connectivity index (χ3n) is 4.85. The summed E-state index contributed by atoms with van der Waals surface area (Å²) in [4.78, 5) is 47.6. The molecule has 0 bridgehead atoms. The summed E-state index contributed by atoms with van der Waals surface area (Å²) in [6, 6.07) is 4.86. The lowest BCUT2D eigenvalue weighted by molar-refractivity contribution is -0.157. The molecule has 29 heavy (non-hydrogen) atoms. The molecule has 0 radical (unpaired) electrons. The maximum absolute atomic E-state index is 12.6. The highest BCUT2D eigenvalue weighted by molar-refractivity contribution is 8.00. The number of aliphatic carboxylic acids is 1. The molecule has 4 heterocycles. The summed E-state index contributed by atoms with van der Waals surface area (Å²) in [7, 11) is 0. The Morgan fingerprint density at radius 1 is 1.34 bits per heavy atom. The van der Waals surface area contributed by atoms with Gasteiger partial charge in [0.15, 0.2) is 5.16 Å². The number of amides is 2. The third kappa shape index (κ3) is 4.12. The van der Waals surface area contributed by atoms with Crippen molar-refractivity contribution in [1.82, 2.24) is 20.2 Å². The van der Waals surface area contributed by atoms with Crippen molar-refractivity contribution < 1.29 is 19.5 Å². The number of β-lactam (4-membered cyclic amide) rings is 1. The molecule has 2 saturated heterocycles. The first-order chi connectivity index (χ1) is 14.0. The molecule has 0 aromatic carbocycles. The average Bonchev–Trinajstić information content (AvgIpc) is 3.24. The first kappa shape index (κ1) is 20.2. The van der Waals surface area contributed by atoms with E-state index in [1.807, 2.05) is 17.5 Å². The molecule has 2 N–H and O–H groups in total. The molecule has 11 heteroatoms. The minimum absolute atomic E-state index is 0.121. The number of thioether (sulfide) groups is 2. The van der Waals surface area contributed by atoms with Gasteiger partial charge in [0.05, 0.1) is 6.42 Å². The number of hydrogen-bond donors (Lipinski definition) is 2. The highest BCUT2D eigenvalue weighted by atomic mass is 32.2. The van der Waals surface area contributed by atoms with E-state index >= 15 is 0 Å². The number of thiophene rings is 1. The van der Waals surface area contributed by atoms with E-state index in [1.165, 1.54) is 34.9 Å². The topological polar surface area (TPSA) is 112 Å². The number of carbonyl (C=O) groups is 3. The van der Waals surface area contributed by atoms with Gasteiger partial charge in [0.1, 0.15) is 16.8 Å². The van der Waals surface area contributed by atoms with Crippen LogP contribution in [0.1, 0.15) is 4.88 Å². The number of fused-ring (bicyclic) bond motifs is 1. The van der Waals surface area contributed by atoms with E-state index in [0.29, 0.717) is 10.9 Å². The fourth-order valence-electron chi connectivity index (χ4n) is 3.26. The largest absolute Gasteiger partial charge is 0.481 e. The molecular weight excluding hydrogens is 432 g/mol. The standard InChI is InChI=1S/C18H18N4O4S3/c23-12(7-11-3-1-6-27-11)21-13-14(24)22-8-18(16(25)26,9-28-15(13)22)10-29-17-19-4-2-5-20-17/h1-6,13,15H,7-10H2,(H,21,23)(H,25,26)/t13?,15-,18?/m1/s1. The van der Waals surface area contributed by atoms with E-state index in [4.69, 9.17) is 0 Å². The molecule has 0 aliphatic carbocycles. The predicted octanol–water partition coefficient (Wildman–Crippen LogP) is 1.34. The Bertz CT molecular complexity index is 911.